The number of piperidine rings is 1. The summed E-state index contributed by atoms with van der Waals surface area (Å²) in [6.07, 6.45) is 6.68. The summed E-state index contributed by atoms with van der Waals surface area (Å²) < 4.78 is 0. The van der Waals surface area contributed by atoms with Gasteiger partial charge >= 0.3 is 0 Å². The molecule has 1 aromatic heterocycles. The molecule has 1 aromatic carbocycles. The first-order valence-corrected chi connectivity index (χ1v) is 9.55. The molecule has 1 amide bonds. The monoisotopic (exact) mass is 341 g/mol. The van der Waals surface area contributed by atoms with Crippen molar-refractivity contribution in [2.45, 2.75) is 50.4 Å². The van der Waals surface area contributed by atoms with Crippen LogP contribution in [0.25, 0.3) is 0 Å². The highest BCUT2D eigenvalue weighted by molar-refractivity contribution is 7.09. The second-order valence-corrected chi connectivity index (χ2v) is 7.90. The van der Waals surface area contributed by atoms with Crippen molar-refractivity contribution >= 4 is 17.2 Å². The van der Waals surface area contributed by atoms with E-state index in [-0.39, 0.29) is 5.91 Å². The molecular weight excluding hydrogens is 318 g/mol. The van der Waals surface area contributed by atoms with Gasteiger partial charge in [-0.15, -0.1) is 11.3 Å². The van der Waals surface area contributed by atoms with Crippen LogP contribution in [-0.2, 0) is 6.54 Å². The molecule has 0 saturated carbocycles. The molecule has 5 heteroatoms. The van der Waals surface area contributed by atoms with Gasteiger partial charge in [0, 0.05) is 48.4 Å². The second kappa shape index (κ2) is 6.65. The van der Waals surface area contributed by atoms with Crippen molar-refractivity contribution in [2.75, 3.05) is 7.05 Å². The Morgan fingerprint density at radius 3 is 2.58 bits per heavy atom. The van der Waals surface area contributed by atoms with E-state index < -0.39 is 0 Å². The molecule has 0 N–H and O–H groups in total. The van der Waals surface area contributed by atoms with Gasteiger partial charge in [-0.2, -0.15) is 0 Å². The molecule has 2 bridgehead atoms. The molecule has 0 spiro atoms. The van der Waals surface area contributed by atoms with Crippen LogP contribution in [-0.4, -0.2) is 45.9 Å². The summed E-state index contributed by atoms with van der Waals surface area (Å²) in [6.45, 7) is 1.02. The predicted molar refractivity (Wildman–Crippen MR) is 96.0 cm³/mol. The van der Waals surface area contributed by atoms with E-state index in [9.17, 15) is 4.79 Å². The molecule has 24 heavy (non-hydrogen) atoms. The highest BCUT2D eigenvalue weighted by Gasteiger charge is 2.42. The summed E-state index contributed by atoms with van der Waals surface area (Å²) in [6, 6.07) is 11.2. The van der Waals surface area contributed by atoms with Gasteiger partial charge in [0.05, 0.1) is 5.51 Å². The van der Waals surface area contributed by atoms with Crippen molar-refractivity contribution in [1.29, 1.82) is 0 Å². The van der Waals surface area contributed by atoms with Gasteiger partial charge in [-0.3, -0.25) is 14.7 Å². The Hall–Kier alpha value is -1.72. The number of thiazole rings is 1. The van der Waals surface area contributed by atoms with Crippen molar-refractivity contribution in [2.24, 2.45) is 0 Å². The van der Waals surface area contributed by atoms with E-state index in [2.05, 4.69) is 9.88 Å². The van der Waals surface area contributed by atoms with Crippen molar-refractivity contribution in [3.63, 3.8) is 0 Å². The molecule has 2 aliphatic rings. The molecule has 0 radical (unpaired) electrons. The van der Waals surface area contributed by atoms with Crippen LogP contribution in [0.4, 0.5) is 0 Å². The third-order valence-corrected chi connectivity index (χ3v) is 6.33. The molecule has 4 nitrogen and oxygen atoms in total. The lowest BCUT2D eigenvalue weighted by atomic mass is 9.95. The van der Waals surface area contributed by atoms with Gasteiger partial charge in [-0.1, -0.05) is 18.2 Å². The quantitative estimate of drug-likeness (QED) is 0.855. The average molecular weight is 341 g/mol. The number of carbonyl (C=O) groups excluding carboxylic acids is 1. The Bertz CT molecular complexity index is 674. The molecular formula is C19H23N3OS. The Labute approximate surface area is 147 Å². The number of amides is 1. The third-order valence-electron chi connectivity index (χ3n) is 5.57. The van der Waals surface area contributed by atoms with Crippen molar-refractivity contribution in [3.8, 4) is 0 Å². The molecule has 4 rings (SSSR count). The number of benzene rings is 1. The zero-order chi connectivity index (χ0) is 16.5. The van der Waals surface area contributed by atoms with Gasteiger partial charge in [0.25, 0.3) is 5.91 Å². The maximum Gasteiger partial charge on any atom is 0.253 e. The standard InChI is InChI=1S/C19H23N3OS/c1-21(19(23)14-5-3-2-4-6-14)17-9-15-7-8-16(10-17)22(15)12-18-11-20-13-24-18/h2-6,11,13,15-17H,7-10,12H2,1H3/t15-,16+,17?. The lowest BCUT2D eigenvalue weighted by Gasteiger charge is -2.42. The van der Waals surface area contributed by atoms with E-state index in [1.807, 2.05) is 54.0 Å². The Balaban J connectivity index is 1.44. The number of aromatic nitrogens is 1. The zero-order valence-corrected chi connectivity index (χ0v) is 14.8. The molecule has 2 aliphatic heterocycles. The van der Waals surface area contributed by atoms with Gasteiger partial charge in [-0.25, -0.2) is 0 Å². The number of fused-ring (bicyclic) bond motifs is 2. The van der Waals surface area contributed by atoms with Gasteiger partial charge in [0.1, 0.15) is 0 Å². The van der Waals surface area contributed by atoms with Crippen LogP contribution in [0, 0.1) is 0 Å². The maximum absolute atomic E-state index is 12.7. The molecule has 2 fully saturated rings. The summed E-state index contributed by atoms with van der Waals surface area (Å²) in [5.41, 5.74) is 2.70. The number of hydrogen-bond acceptors (Lipinski definition) is 4. The fourth-order valence-electron chi connectivity index (χ4n) is 4.27. The predicted octanol–water partition coefficient (Wildman–Crippen LogP) is 3.41. The highest BCUT2D eigenvalue weighted by atomic mass is 32.1. The molecule has 3 atom stereocenters. The molecule has 1 unspecified atom stereocenters. The van der Waals surface area contributed by atoms with E-state index >= 15 is 0 Å². The SMILES string of the molecule is CN(C(=O)c1ccccc1)C1C[C@H]2CC[C@@H](C1)N2Cc1cncs1. The fourth-order valence-corrected chi connectivity index (χ4v) is 4.87. The minimum atomic E-state index is 0.149. The number of carbonyl (C=O) groups is 1. The summed E-state index contributed by atoms with van der Waals surface area (Å²) in [5, 5.41) is 0. The van der Waals surface area contributed by atoms with E-state index in [0.717, 1.165) is 24.9 Å². The average Bonchev–Trinajstić information content (AvgIpc) is 3.20. The van der Waals surface area contributed by atoms with Crippen LogP contribution >= 0.6 is 11.3 Å². The number of rotatable bonds is 4. The Morgan fingerprint density at radius 2 is 1.96 bits per heavy atom. The first-order valence-electron chi connectivity index (χ1n) is 8.67. The van der Waals surface area contributed by atoms with Gasteiger partial charge in [0.2, 0.25) is 0 Å². The topological polar surface area (TPSA) is 36.4 Å². The largest absolute Gasteiger partial charge is 0.339 e. The summed E-state index contributed by atoms with van der Waals surface area (Å²) in [5.74, 6) is 0.149. The van der Waals surface area contributed by atoms with Crippen molar-refractivity contribution < 1.29 is 4.79 Å². The number of hydrogen-bond donors (Lipinski definition) is 0. The molecule has 3 heterocycles. The Kier molecular flexibility index (Phi) is 4.37. The van der Waals surface area contributed by atoms with E-state index in [0.29, 0.717) is 18.1 Å². The van der Waals surface area contributed by atoms with Gasteiger partial charge < -0.3 is 4.90 Å². The third kappa shape index (κ3) is 2.98. The summed E-state index contributed by atoms with van der Waals surface area (Å²) >= 11 is 1.74. The van der Waals surface area contributed by atoms with E-state index in [4.69, 9.17) is 0 Å². The Morgan fingerprint density at radius 1 is 1.25 bits per heavy atom. The van der Waals surface area contributed by atoms with Crippen LogP contribution in [0.2, 0.25) is 0 Å². The molecule has 126 valence electrons. The van der Waals surface area contributed by atoms with Crippen molar-refractivity contribution in [1.82, 2.24) is 14.8 Å². The molecule has 2 saturated heterocycles. The van der Waals surface area contributed by atoms with Crippen LogP contribution in [0.5, 0.6) is 0 Å². The number of nitrogens with zero attached hydrogens (tertiary/aromatic N) is 3. The van der Waals surface area contributed by atoms with Crippen LogP contribution in [0.3, 0.4) is 0 Å². The highest BCUT2D eigenvalue weighted by Crippen LogP contribution is 2.38. The summed E-state index contributed by atoms with van der Waals surface area (Å²) in [7, 11) is 1.97. The second-order valence-electron chi connectivity index (χ2n) is 6.93. The molecule has 2 aromatic rings. The van der Waals surface area contributed by atoms with Crippen LogP contribution in [0.15, 0.2) is 42.0 Å². The lowest BCUT2D eigenvalue weighted by molar-refractivity contribution is 0.0480. The first kappa shape index (κ1) is 15.8. The van der Waals surface area contributed by atoms with Crippen LogP contribution in [0.1, 0.15) is 40.9 Å². The lowest BCUT2D eigenvalue weighted by Crippen LogP contribution is -2.50. The minimum Gasteiger partial charge on any atom is -0.339 e. The van der Waals surface area contributed by atoms with Gasteiger partial charge in [0.15, 0.2) is 0 Å². The first-order chi connectivity index (χ1) is 11.7. The summed E-state index contributed by atoms with van der Waals surface area (Å²) in [4.78, 5) is 22.9. The van der Waals surface area contributed by atoms with Crippen LogP contribution < -0.4 is 0 Å². The fraction of sp³-hybridized carbons (Fsp3) is 0.474. The molecule has 0 aliphatic carbocycles. The smallest absolute Gasteiger partial charge is 0.253 e. The van der Waals surface area contributed by atoms with E-state index in [1.165, 1.54) is 17.7 Å². The van der Waals surface area contributed by atoms with E-state index in [1.54, 1.807) is 11.3 Å². The normalized spacial score (nSPS) is 26.5. The zero-order valence-electron chi connectivity index (χ0n) is 14.0. The maximum atomic E-state index is 12.7. The minimum absolute atomic E-state index is 0.149. The van der Waals surface area contributed by atoms with Crippen molar-refractivity contribution in [3.05, 3.63) is 52.5 Å². The van der Waals surface area contributed by atoms with Gasteiger partial charge in [-0.05, 0) is 37.8 Å².